The number of benzene rings is 2. The highest BCUT2D eigenvalue weighted by molar-refractivity contribution is 7.89. The maximum Gasteiger partial charge on any atom is 0.243 e. The molecule has 10 heteroatoms. The molecule has 0 atom stereocenters. The fraction of sp³-hybridized carbons (Fsp3) is 0.250. The summed E-state index contributed by atoms with van der Waals surface area (Å²) in [5.74, 6) is -1.73. The van der Waals surface area contributed by atoms with E-state index in [4.69, 9.17) is 4.74 Å². The molecule has 0 aliphatic heterocycles. The number of nitrogens with zero attached hydrogens (tertiary/aromatic N) is 3. The Hall–Kier alpha value is -3.37. The monoisotopic (exact) mass is 486 g/mol. The Morgan fingerprint density at radius 3 is 2.47 bits per heavy atom. The number of fused-ring (bicyclic) bond motifs is 1. The van der Waals surface area contributed by atoms with Crippen LogP contribution in [0.25, 0.3) is 33.4 Å². The molecule has 0 saturated carbocycles. The summed E-state index contributed by atoms with van der Waals surface area (Å²) in [5.41, 5.74) is 1.45. The van der Waals surface area contributed by atoms with Crippen LogP contribution in [0.15, 0.2) is 53.6 Å². The van der Waals surface area contributed by atoms with Gasteiger partial charge in [-0.15, -0.1) is 0 Å². The van der Waals surface area contributed by atoms with E-state index in [0.29, 0.717) is 27.9 Å². The standard InChI is InChI=1S/C24H24F2N4O3S/c1-24(2,3)30(4)34(31,32)17-8-6-7-14(9-17)15-10-19-21(28-29-23(19)27-13-15)18-11-16(25)12-20(26)22(18)33-5/h6-13H,1-5H3,(H,27,28,29). The summed E-state index contributed by atoms with van der Waals surface area (Å²) in [5, 5.41) is 7.41. The van der Waals surface area contributed by atoms with E-state index in [1.807, 2.05) is 20.8 Å². The fourth-order valence-electron chi connectivity index (χ4n) is 3.57. The molecule has 0 aliphatic carbocycles. The molecule has 0 radical (unpaired) electrons. The number of ether oxygens (including phenoxy) is 1. The molecule has 1 N–H and O–H groups in total. The summed E-state index contributed by atoms with van der Waals surface area (Å²) in [7, 11) is -0.899. The summed E-state index contributed by atoms with van der Waals surface area (Å²) < 4.78 is 61.0. The van der Waals surface area contributed by atoms with Crippen molar-refractivity contribution in [2.45, 2.75) is 31.2 Å². The van der Waals surface area contributed by atoms with Gasteiger partial charge in [0.1, 0.15) is 5.82 Å². The number of H-pyrrole nitrogens is 1. The molecule has 0 fully saturated rings. The van der Waals surface area contributed by atoms with Crippen molar-refractivity contribution in [1.29, 1.82) is 0 Å². The van der Waals surface area contributed by atoms with Gasteiger partial charge in [-0.3, -0.25) is 5.10 Å². The maximum absolute atomic E-state index is 14.3. The Bertz CT molecular complexity index is 1490. The third kappa shape index (κ3) is 4.14. The van der Waals surface area contributed by atoms with Crippen LogP contribution in [0, 0.1) is 11.6 Å². The zero-order valence-corrected chi connectivity index (χ0v) is 20.2. The van der Waals surface area contributed by atoms with Gasteiger partial charge in [0.15, 0.2) is 17.2 Å². The Balaban J connectivity index is 1.84. The van der Waals surface area contributed by atoms with Gasteiger partial charge in [-0.25, -0.2) is 22.2 Å². The van der Waals surface area contributed by atoms with E-state index in [1.165, 1.54) is 17.5 Å². The first-order valence-corrected chi connectivity index (χ1v) is 11.8. The quantitative estimate of drug-likeness (QED) is 0.429. The van der Waals surface area contributed by atoms with Crippen LogP contribution in [0.5, 0.6) is 5.75 Å². The van der Waals surface area contributed by atoms with E-state index >= 15 is 0 Å². The summed E-state index contributed by atoms with van der Waals surface area (Å²) in [4.78, 5) is 4.48. The molecule has 178 valence electrons. The van der Waals surface area contributed by atoms with Crippen molar-refractivity contribution in [3.8, 4) is 28.1 Å². The number of hydrogen-bond acceptors (Lipinski definition) is 5. The largest absolute Gasteiger partial charge is 0.493 e. The second kappa shape index (κ2) is 8.44. The van der Waals surface area contributed by atoms with Crippen LogP contribution in [0.2, 0.25) is 0 Å². The Morgan fingerprint density at radius 1 is 1.06 bits per heavy atom. The topological polar surface area (TPSA) is 88.2 Å². The van der Waals surface area contributed by atoms with Gasteiger partial charge in [0, 0.05) is 41.4 Å². The van der Waals surface area contributed by atoms with E-state index in [9.17, 15) is 17.2 Å². The van der Waals surface area contributed by atoms with Crippen molar-refractivity contribution in [3.63, 3.8) is 0 Å². The van der Waals surface area contributed by atoms with Crippen LogP contribution in [0.4, 0.5) is 8.78 Å². The van der Waals surface area contributed by atoms with Crippen molar-refractivity contribution in [1.82, 2.24) is 19.5 Å². The van der Waals surface area contributed by atoms with Gasteiger partial charge in [-0.05, 0) is 50.6 Å². The molecule has 4 aromatic rings. The molecule has 0 spiro atoms. The van der Waals surface area contributed by atoms with Crippen molar-refractivity contribution >= 4 is 21.1 Å². The number of nitrogens with one attached hydrogen (secondary N) is 1. The van der Waals surface area contributed by atoms with E-state index in [2.05, 4.69) is 15.2 Å². The SMILES string of the molecule is COc1c(F)cc(F)cc1-c1[nH]nc2ncc(-c3cccc(S(=O)(=O)N(C)C(C)(C)C)c3)cc12. The fourth-order valence-corrected chi connectivity index (χ4v) is 5.13. The minimum absolute atomic E-state index is 0.129. The average molecular weight is 487 g/mol. The van der Waals surface area contributed by atoms with Gasteiger partial charge < -0.3 is 4.74 Å². The minimum atomic E-state index is -3.73. The lowest BCUT2D eigenvalue weighted by molar-refractivity contribution is 0.292. The molecule has 2 aromatic heterocycles. The zero-order chi connectivity index (χ0) is 24.8. The van der Waals surface area contributed by atoms with Gasteiger partial charge in [-0.1, -0.05) is 12.1 Å². The van der Waals surface area contributed by atoms with Crippen molar-refractivity contribution in [2.24, 2.45) is 0 Å². The van der Waals surface area contributed by atoms with E-state index in [-0.39, 0.29) is 16.2 Å². The Kier molecular flexibility index (Phi) is 5.91. The highest BCUT2D eigenvalue weighted by atomic mass is 32.2. The van der Waals surface area contributed by atoms with Crippen LogP contribution >= 0.6 is 0 Å². The maximum atomic E-state index is 14.3. The lowest BCUT2D eigenvalue weighted by Gasteiger charge is -2.31. The van der Waals surface area contributed by atoms with Crippen molar-refractivity contribution < 1.29 is 21.9 Å². The number of methoxy groups -OCH3 is 1. The van der Waals surface area contributed by atoms with Crippen LogP contribution in [0.3, 0.4) is 0 Å². The van der Waals surface area contributed by atoms with E-state index in [0.717, 1.165) is 12.1 Å². The number of sulfonamides is 1. The molecular weight excluding hydrogens is 462 g/mol. The molecule has 0 saturated heterocycles. The second-order valence-electron chi connectivity index (χ2n) is 8.83. The van der Waals surface area contributed by atoms with Crippen LogP contribution in [-0.2, 0) is 10.0 Å². The van der Waals surface area contributed by atoms with E-state index in [1.54, 1.807) is 37.5 Å². The predicted octanol–water partition coefficient (Wildman–Crippen LogP) is 5.00. The lowest BCUT2D eigenvalue weighted by atomic mass is 10.0. The number of hydrogen-bond donors (Lipinski definition) is 1. The first-order valence-electron chi connectivity index (χ1n) is 10.4. The molecular formula is C24H24F2N4O3S. The van der Waals surface area contributed by atoms with Crippen molar-refractivity contribution in [2.75, 3.05) is 14.2 Å². The molecule has 0 aliphatic rings. The number of aromatic nitrogens is 3. The van der Waals surface area contributed by atoms with Gasteiger partial charge in [0.2, 0.25) is 10.0 Å². The van der Waals surface area contributed by atoms with E-state index < -0.39 is 27.2 Å². The van der Waals surface area contributed by atoms with Crippen LogP contribution in [-0.4, -0.2) is 47.6 Å². The number of halogens is 2. The third-order valence-electron chi connectivity index (χ3n) is 5.66. The van der Waals surface area contributed by atoms with Crippen LogP contribution in [0.1, 0.15) is 20.8 Å². The number of rotatable bonds is 5. The van der Waals surface area contributed by atoms with Gasteiger partial charge in [0.25, 0.3) is 0 Å². The summed E-state index contributed by atoms with van der Waals surface area (Å²) >= 11 is 0. The summed E-state index contributed by atoms with van der Waals surface area (Å²) in [6, 6.07) is 10.2. The second-order valence-corrected chi connectivity index (χ2v) is 10.8. The zero-order valence-electron chi connectivity index (χ0n) is 19.3. The first-order chi connectivity index (χ1) is 15.9. The normalized spacial score (nSPS) is 12.5. The molecule has 0 bridgehead atoms. The molecule has 2 heterocycles. The highest BCUT2D eigenvalue weighted by Gasteiger charge is 2.30. The third-order valence-corrected chi connectivity index (χ3v) is 7.78. The summed E-state index contributed by atoms with van der Waals surface area (Å²) in [6.07, 6.45) is 1.57. The lowest BCUT2D eigenvalue weighted by Crippen LogP contribution is -2.42. The summed E-state index contributed by atoms with van der Waals surface area (Å²) in [6.45, 7) is 5.45. The average Bonchev–Trinajstić information content (AvgIpc) is 3.20. The Morgan fingerprint density at radius 2 is 1.79 bits per heavy atom. The molecule has 0 unspecified atom stereocenters. The molecule has 7 nitrogen and oxygen atoms in total. The van der Waals surface area contributed by atoms with Gasteiger partial charge in [0.05, 0.1) is 17.7 Å². The van der Waals surface area contributed by atoms with Crippen molar-refractivity contribution in [3.05, 3.63) is 60.3 Å². The number of aromatic amines is 1. The van der Waals surface area contributed by atoms with Gasteiger partial charge in [-0.2, -0.15) is 9.40 Å². The van der Waals surface area contributed by atoms with Crippen LogP contribution < -0.4 is 4.74 Å². The molecule has 34 heavy (non-hydrogen) atoms. The molecule has 2 aromatic carbocycles. The number of pyridine rings is 1. The smallest absolute Gasteiger partial charge is 0.243 e. The minimum Gasteiger partial charge on any atom is -0.493 e. The highest BCUT2D eigenvalue weighted by Crippen LogP contribution is 2.37. The molecule has 4 rings (SSSR count). The predicted molar refractivity (Wildman–Crippen MR) is 126 cm³/mol. The van der Waals surface area contributed by atoms with Gasteiger partial charge >= 0.3 is 0 Å². The first kappa shape index (κ1) is 23.8. The Labute approximate surface area is 196 Å². The molecule has 0 amide bonds.